The molecule has 0 N–H and O–H groups in total. The third-order valence-corrected chi connectivity index (χ3v) is 7.19. The van der Waals surface area contributed by atoms with E-state index in [-0.39, 0.29) is 46.9 Å². The Bertz CT molecular complexity index is 1130. The van der Waals surface area contributed by atoms with Gasteiger partial charge in [-0.2, -0.15) is 0 Å². The van der Waals surface area contributed by atoms with Crippen LogP contribution in [-0.2, 0) is 19.1 Å². The summed E-state index contributed by atoms with van der Waals surface area (Å²) >= 11 is 0. The van der Waals surface area contributed by atoms with E-state index in [1.165, 1.54) is 14.2 Å². The maximum atomic E-state index is 13.1. The summed E-state index contributed by atoms with van der Waals surface area (Å²) in [4.78, 5) is 49.2. The Labute approximate surface area is 250 Å². The largest absolute Gasteiger partial charge is 0.465 e. The minimum Gasteiger partial charge on any atom is -0.465 e. The lowest BCUT2D eigenvalue weighted by Crippen LogP contribution is -2.22. The lowest BCUT2D eigenvalue weighted by Gasteiger charge is -2.17. The molecule has 0 radical (unpaired) electrons. The molecule has 2 rings (SSSR count). The summed E-state index contributed by atoms with van der Waals surface area (Å²) in [5, 5.41) is 0. The summed E-state index contributed by atoms with van der Waals surface area (Å²) in [5.41, 5.74) is 0.480. The smallest absolute Gasteiger partial charge is 0.341 e. The van der Waals surface area contributed by atoms with Gasteiger partial charge in [0.1, 0.15) is 22.6 Å². The van der Waals surface area contributed by atoms with Crippen molar-refractivity contribution >= 4 is 23.9 Å². The number of para-hydroxylation sites is 2. The Morgan fingerprint density at radius 2 is 1.05 bits per heavy atom. The van der Waals surface area contributed by atoms with Crippen LogP contribution in [0.3, 0.4) is 0 Å². The Hall–Kier alpha value is -3.68. The number of methoxy groups -OCH3 is 2. The normalized spacial score (nSPS) is 11.4. The number of unbranched alkanes of at least 4 members (excludes halogenated alkanes) is 9. The quantitative estimate of drug-likeness (QED) is 0.0882. The molecule has 8 nitrogen and oxygen atoms in total. The van der Waals surface area contributed by atoms with Gasteiger partial charge in [0.25, 0.3) is 0 Å². The molecule has 0 bridgehead atoms. The van der Waals surface area contributed by atoms with Gasteiger partial charge < -0.3 is 18.9 Å². The van der Waals surface area contributed by atoms with Gasteiger partial charge >= 0.3 is 23.9 Å². The van der Waals surface area contributed by atoms with Gasteiger partial charge in [-0.1, -0.05) is 95.4 Å². The average Bonchev–Trinajstić information content (AvgIpc) is 3.00. The number of hydrogen-bond donors (Lipinski definition) is 0. The number of hydrogen-bond acceptors (Lipinski definition) is 8. The van der Waals surface area contributed by atoms with E-state index in [4.69, 9.17) is 18.9 Å². The fraction of sp³-hybridized carbons (Fsp3) is 0.529. The molecule has 230 valence electrons. The first-order valence-corrected chi connectivity index (χ1v) is 15.2. The van der Waals surface area contributed by atoms with E-state index in [0.717, 1.165) is 83.5 Å². The summed E-state index contributed by atoms with van der Waals surface area (Å²) in [7, 11) is 2.59. The molecule has 1 atom stereocenters. The van der Waals surface area contributed by atoms with Crippen molar-refractivity contribution in [2.75, 3.05) is 14.2 Å². The highest BCUT2D eigenvalue weighted by Crippen LogP contribution is 2.25. The third-order valence-electron chi connectivity index (χ3n) is 7.19. The summed E-state index contributed by atoms with van der Waals surface area (Å²) < 4.78 is 20.6. The second-order valence-electron chi connectivity index (χ2n) is 10.4. The average molecular weight is 583 g/mol. The van der Waals surface area contributed by atoms with E-state index in [0.29, 0.717) is 0 Å². The number of rotatable bonds is 20. The first-order chi connectivity index (χ1) is 20.4. The minimum absolute atomic E-state index is 0.206. The molecule has 8 heteroatoms. The molecule has 1 unspecified atom stereocenters. The molecule has 0 spiro atoms. The second kappa shape index (κ2) is 20.2. The monoisotopic (exact) mass is 582 g/mol. The van der Waals surface area contributed by atoms with Crippen LogP contribution in [-0.4, -0.2) is 38.1 Å². The van der Waals surface area contributed by atoms with Crippen LogP contribution in [0.15, 0.2) is 48.5 Å². The Balaban J connectivity index is 1.70. The lowest BCUT2D eigenvalue weighted by atomic mass is 9.94. The third kappa shape index (κ3) is 12.5. The molecule has 0 aliphatic heterocycles. The molecule has 2 aromatic carbocycles. The Morgan fingerprint density at radius 1 is 0.595 bits per heavy atom. The molecule has 42 heavy (non-hydrogen) atoms. The van der Waals surface area contributed by atoms with Gasteiger partial charge in [-0.25, -0.2) is 9.59 Å². The van der Waals surface area contributed by atoms with Crippen molar-refractivity contribution < 1.29 is 38.1 Å². The summed E-state index contributed by atoms with van der Waals surface area (Å²) in [6.07, 6.45) is 12.9. The fourth-order valence-electron chi connectivity index (χ4n) is 4.78. The van der Waals surface area contributed by atoms with E-state index in [1.807, 2.05) is 0 Å². The van der Waals surface area contributed by atoms with E-state index in [2.05, 4.69) is 6.92 Å². The molecule has 2 aromatic rings. The summed E-state index contributed by atoms with van der Waals surface area (Å²) in [5.74, 6) is -1.47. The minimum atomic E-state index is -0.540. The molecule has 0 heterocycles. The van der Waals surface area contributed by atoms with Crippen molar-refractivity contribution in [1.82, 2.24) is 0 Å². The summed E-state index contributed by atoms with van der Waals surface area (Å²) in [6.45, 7) is 2.16. The fourth-order valence-corrected chi connectivity index (χ4v) is 4.78. The Kier molecular flexibility index (Phi) is 16.6. The van der Waals surface area contributed by atoms with Gasteiger partial charge in [0.05, 0.1) is 20.1 Å². The van der Waals surface area contributed by atoms with Crippen molar-refractivity contribution in [1.29, 1.82) is 0 Å². The first kappa shape index (κ1) is 34.5. The molecule has 0 aromatic heterocycles. The van der Waals surface area contributed by atoms with Crippen LogP contribution in [0.2, 0.25) is 0 Å². The predicted octanol–water partition coefficient (Wildman–Crippen LogP) is 7.87. The van der Waals surface area contributed by atoms with Crippen LogP contribution in [0.25, 0.3) is 0 Å². The van der Waals surface area contributed by atoms with Crippen LogP contribution in [0.5, 0.6) is 11.5 Å². The Morgan fingerprint density at radius 3 is 1.57 bits per heavy atom. The van der Waals surface area contributed by atoms with Gasteiger partial charge in [-0.05, 0) is 43.5 Å². The number of benzene rings is 2. The van der Waals surface area contributed by atoms with Crippen molar-refractivity contribution in [2.45, 2.75) is 96.8 Å². The molecule has 0 aliphatic carbocycles. The van der Waals surface area contributed by atoms with Crippen molar-refractivity contribution in [3.63, 3.8) is 0 Å². The van der Waals surface area contributed by atoms with E-state index in [1.54, 1.807) is 48.5 Å². The summed E-state index contributed by atoms with van der Waals surface area (Å²) in [6, 6.07) is 13.2. The zero-order valence-electron chi connectivity index (χ0n) is 25.4. The highest BCUT2D eigenvalue weighted by molar-refractivity contribution is 5.94. The number of esters is 4. The highest BCUT2D eigenvalue weighted by atomic mass is 16.6. The maximum Gasteiger partial charge on any atom is 0.341 e. The second-order valence-corrected chi connectivity index (χ2v) is 10.4. The van der Waals surface area contributed by atoms with Crippen molar-refractivity contribution in [3.05, 3.63) is 59.7 Å². The van der Waals surface area contributed by atoms with Gasteiger partial charge in [0.15, 0.2) is 0 Å². The van der Waals surface area contributed by atoms with Crippen LogP contribution >= 0.6 is 0 Å². The molecule has 0 amide bonds. The lowest BCUT2D eigenvalue weighted by molar-refractivity contribution is -0.139. The van der Waals surface area contributed by atoms with E-state index >= 15 is 0 Å². The van der Waals surface area contributed by atoms with Crippen molar-refractivity contribution in [3.8, 4) is 11.5 Å². The molecule has 0 saturated heterocycles. The standard InChI is InChI=1S/C34H46O8/c1-4-5-6-12-19-26(32(36)42-30-24-18-16-22-28(30)34(38)40-3)20-13-10-8-7-9-11-14-25-31(35)41-29-23-17-15-21-27(29)33(37)39-2/h15-18,21-24,26H,4-14,19-20,25H2,1-3H3. The zero-order valence-corrected chi connectivity index (χ0v) is 25.4. The van der Waals surface area contributed by atoms with Crippen LogP contribution < -0.4 is 9.47 Å². The topological polar surface area (TPSA) is 105 Å². The molecule has 0 saturated carbocycles. The number of ether oxygens (including phenoxy) is 4. The van der Waals surface area contributed by atoms with E-state index in [9.17, 15) is 19.2 Å². The molecule has 0 aliphatic rings. The van der Waals surface area contributed by atoms with Gasteiger partial charge in [-0.15, -0.1) is 0 Å². The van der Waals surface area contributed by atoms with Crippen LogP contribution in [0, 0.1) is 5.92 Å². The van der Waals surface area contributed by atoms with Crippen LogP contribution in [0.4, 0.5) is 0 Å². The highest BCUT2D eigenvalue weighted by Gasteiger charge is 2.23. The first-order valence-electron chi connectivity index (χ1n) is 15.2. The molecular weight excluding hydrogens is 536 g/mol. The van der Waals surface area contributed by atoms with Crippen molar-refractivity contribution in [2.24, 2.45) is 5.92 Å². The van der Waals surface area contributed by atoms with Gasteiger partial charge in [0, 0.05) is 6.42 Å². The van der Waals surface area contributed by atoms with Gasteiger partial charge in [-0.3, -0.25) is 9.59 Å². The number of carbonyl (C=O) groups excluding carboxylic acids is 4. The molecular formula is C34H46O8. The zero-order chi connectivity index (χ0) is 30.6. The van der Waals surface area contributed by atoms with Crippen LogP contribution in [0.1, 0.15) is 118 Å². The van der Waals surface area contributed by atoms with Gasteiger partial charge in [0.2, 0.25) is 0 Å². The van der Waals surface area contributed by atoms with E-state index < -0.39 is 11.9 Å². The molecule has 0 fully saturated rings. The maximum absolute atomic E-state index is 13.1. The predicted molar refractivity (Wildman–Crippen MR) is 161 cm³/mol. The number of carbonyl (C=O) groups is 4. The SMILES string of the molecule is CCCCCCC(CCCCCCCCCC(=O)Oc1ccccc1C(=O)OC)C(=O)Oc1ccccc1C(=O)OC.